The lowest BCUT2D eigenvalue weighted by atomic mass is 10.0. The van der Waals surface area contributed by atoms with Gasteiger partial charge in [0.1, 0.15) is 11.9 Å². The Bertz CT molecular complexity index is 779. The molecule has 0 spiro atoms. The third-order valence-corrected chi connectivity index (χ3v) is 3.80. The third kappa shape index (κ3) is 2.09. The smallest absolute Gasteiger partial charge is 0.170 e. The second-order valence-electron chi connectivity index (χ2n) is 4.66. The minimum absolute atomic E-state index is 0.154. The summed E-state index contributed by atoms with van der Waals surface area (Å²) in [6.45, 7) is 1.82. The van der Waals surface area contributed by atoms with Crippen LogP contribution in [0.4, 0.5) is 4.39 Å². The Kier molecular flexibility index (Phi) is 3.24. The van der Waals surface area contributed by atoms with Crippen LogP contribution in [0.25, 0.3) is 11.0 Å². The van der Waals surface area contributed by atoms with E-state index in [9.17, 15) is 9.50 Å². The standard InChI is InChI=1S/C16H12ClFO2/c1-9-11(5-3-6-12(9)17)15(19)14-8-10-4-2-7-13(18)16(10)20-14/h2-8,15,19H,1H3. The van der Waals surface area contributed by atoms with Crippen LogP contribution >= 0.6 is 11.6 Å². The van der Waals surface area contributed by atoms with E-state index in [0.717, 1.165) is 5.56 Å². The molecule has 0 saturated carbocycles. The predicted octanol–water partition coefficient (Wildman–Crippen LogP) is 4.62. The summed E-state index contributed by atoms with van der Waals surface area (Å²) in [4.78, 5) is 0. The summed E-state index contributed by atoms with van der Waals surface area (Å²) in [6.07, 6.45) is -0.972. The lowest BCUT2D eigenvalue weighted by Gasteiger charge is -2.12. The van der Waals surface area contributed by atoms with Crippen molar-refractivity contribution >= 4 is 22.6 Å². The van der Waals surface area contributed by atoms with E-state index in [0.29, 0.717) is 21.7 Å². The molecule has 0 aliphatic rings. The van der Waals surface area contributed by atoms with Crippen molar-refractivity contribution < 1.29 is 13.9 Å². The van der Waals surface area contributed by atoms with E-state index >= 15 is 0 Å². The van der Waals surface area contributed by atoms with E-state index in [1.54, 1.807) is 36.4 Å². The van der Waals surface area contributed by atoms with Crippen LogP contribution in [0.5, 0.6) is 0 Å². The van der Waals surface area contributed by atoms with Crippen molar-refractivity contribution in [1.82, 2.24) is 0 Å². The molecule has 20 heavy (non-hydrogen) atoms. The maximum absolute atomic E-state index is 13.6. The van der Waals surface area contributed by atoms with Crippen molar-refractivity contribution in [3.63, 3.8) is 0 Å². The molecule has 4 heteroatoms. The number of halogens is 2. The summed E-state index contributed by atoms with van der Waals surface area (Å²) < 4.78 is 19.1. The van der Waals surface area contributed by atoms with Crippen molar-refractivity contribution in [3.05, 3.63) is 70.2 Å². The van der Waals surface area contributed by atoms with Gasteiger partial charge in [-0.15, -0.1) is 0 Å². The first-order valence-electron chi connectivity index (χ1n) is 6.19. The molecule has 0 saturated heterocycles. The van der Waals surface area contributed by atoms with Gasteiger partial charge in [0.2, 0.25) is 0 Å². The molecule has 0 aliphatic heterocycles. The van der Waals surface area contributed by atoms with Gasteiger partial charge in [0.25, 0.3) is 0 Å². The van der Waals surface area contributed by atoms with Gasteiger partial charge in [-0.2, -0.15) is 0 Å². The molecular weight excluding hydrogens is 279 g/mol. The van der Waals surface area contributed by atoms with E-state index in [1.807, 2.05) is 6.92 Å². The largest absolute Gasteiger partial charge is 0.455 e. The Morgan fingerprint density at radius 2 is 1.95 bits per heavy atom. The number of para-hydroxylation sites is 1. The fourth-order valence-electron chi connectivity index (χ4n) is 2.26. The molecule has 0 fully saturated rings. The minimum atomic E-state index is -0.972. The van der Waals surface area contributed by atoms with Gasteiger partial charge in [0.15, 0.2) is 11.4 Å². The summed E-state index contributed by atoms with van der Waals surface area (Å²) in [5.74, 6) is -0.140. The number of hydrogen-bond acceptors (Lipinski definition) is 2. The highest BCUT2D eigenvalue weighted by molar-refractivity contribution is 6.31. The van der Waals surface area contributed by atoms with Gasteiger partial charge in [-0.25, -0.2) is 4.39 Å². The Balaban J connectivity index is 2.10. The zero-order valence-electron chi connectivity index (χ0n) is 10.7. The molecule has 2 aromatic carbocycles. The van der Waals surface area contributed by atoms with Crippen LogP contribution in [0.1, 0.15) is 23.0 Å². The van der Waals surface area contributed by atoms with Crippen molar-refractivity contribution in [2.45, 2.75) is 13.0 Å². The molecule has 1 heterocycles. The summed E-state index contributed by atoms with van der Waals surface area (Å²) in [6, 6.07) is 11.6. The Morgan fingerprint density at radius 1 is 1.20 bits per heavy atom. The van der Waals surface area contributed by atoms with Crippen molar-refractivity contribution in [2.75, 3.05) is 0 Å². The SMILES string of the molecule is Cc1c(Cl)cccc1C(O)c1cc2cccc(F)c2o1. The predicted molar refractivity (Wildman–Crippen MR) is 76.4 cm³/mol. The van der Waals surface area contributed by atoms with E-state index in [-0.39, 0.29) is 5.58 Å². The average molecular weight is 291 g/mol. The highest BCUT2D eigenvalue weighted by Gasteiger charge is 2.19. The van der Waals surface area contributed by atoms with Gasteiger partial charge in [-0.3, -0.25) is 0 Å². The van der Waals surface area contributed by atoms with Crippen LogP contribution in [0.15, 0.2) is 46.9 Å². The van der Waals surface area contributed by atoms with Crippen LogP contribution in [0.2, 0.25) is 5.02 Å². The molecular formula is C16H12ClFO2. The second kappa shape index (κ2) is 4.93. The highest BCUT2D eigenvalue weighted by Crippen LogP contribution is 2.32. The van der Waals surface area contributed by atoms with E-state index in [1.165, 1.54) is 6.07 Å². The third-order valence-electron chi connectivity index (χ3n) is 3.39. The van der Waals surface area contributed by atoms with E-state index in [2.05, 4.69) is 0 Å². The normalized spacial score (nSPS) is 12.8. The Morgan fingerprint density at radius 3 is 2.70 bits per heavy atom. The molecule has 3 rings (SSSR count). The van der Waals surface area contributed by atoms with Crippen molar-refractivity contribution in [3.8, 4) is 0 Å². The fourth-order valence-corrected chi connectivity index (χ4v) is 2.44. The first kappa shape index (κ1) is 13.2. The topological polar surface area (TPSA) is 33.4 Å². The molecule has 2 nitrogen and oxygen atoms in total. The number of hydrogen-bond donors (Lipinski definition) is 1. The number of furan rings is 1. The number of aliphatic hydroxyl groups excluding tert-OH is 1. The van der Waals surface area contributed by atoms with Gasteiger partial charge >= 0.3 is 0 Å². The van der Waals surface area contributed by atoms with Gasteiger partial charge in [0, 0.05) is 10.4 Å². The number of benzene rings is 2. The van der Waals surface area contributed by atoms with Crippen molar-refractivity contribution in [2.24, 2.45) is 0 Å². The molecule has 0 amide bonds. The highest BCUT2D eigenvalue weighted by atomic mass is 35.5. The fraction of sp³-hybridized carbons (Fsp3) is 0.125. The lowest BCUT2D eigenvalue weighted by molar-refractivity contribution is 0.191. The summed E-state index contributed by atoms with van der Waals surface area (Å²) >= 11 is 6.05. The van der Waals surface area contributed by atoms with Crippen LogP contribution in [0.3, 0.4) is 0 Å². The average Bonchev–Trinajstić information content (AvgIpc) is 2.87. The van der Waals surface area contributed by atoms with E-state index in [4.69, 9.17) is 16.0 Å². The van der Waals surface area contributed by atoms with E-state index < -0.39 is 11.9 Å². The number of fused-ring (bicyclic) bond motifs is 1. The Hall–Kier alpha value is -1.84. The number of aliphatic hydroxyl groups is 1. The zero-order valence-corrected chi connectivity index (χ0v) is 11.5. The van der Waals surface area contributed by atoms with Crippen LogP contribution in [-0.4, -0.2) is 5.11 Å². The Labute approximate surface area is 120 Å². The van der Waals surface area contributed by atoms with Gasteiger partial charge in [-0.1, -0.05) is 35.9 Å². The molecule has 1 N–H and O–H groups in total. The minimum Gasteiger partial charge on any atom is -0.455 e. The van der Waals surface area contributed by atoms with Gasteiger partial charge in [-0.05, 0) is 36.2 Å². The monoisotopic (exact) mass is 290 g/mol. The molecule has 0 bridgehead atoms. The van der Waals surface area contributed by atoms with Crippen LogP contribution in [0, 0.1) is 12.7 Å². The second-order valence-corrected chi connectivity index (χ2v) is 5.07. The quantitative estimate of drug-likeness (QED) is 0.747. The summed E-state index contributed by atoms with van der Waals surface area (Å²) in [5.41, 5.74) is 1.58. The molecule has 0 aliphatic carbocycles. The maximum Gasteiger partial charge on any atom is 0.170 e. The van der Waals surface area contributed by atoms with Crippen LogP contribution in [-0.2, 0) is 0 Å². The molecule has 1 unspecified atom stereocenters. The molecule has 3 aromatic rings. The molecule has 0 radical (unpaired) electrons. The lowest BCUT2D eigenvalue weighted by Crippen LogP contribution is -2.00. The maximum atomic E-state index is 13.6. The first-order valence-corrected chi connectivity index (χ1v) is 6.57. The first-order chi connectivity index (χ1) is 9.58. The van der Waals surface area contributed by atoms with Crippen molar-refractivity contribution in [1.29, 1.82) is 0 Å². The summed E-state index contributed by atoms with van der Waals surface area (Å²) in [7, 11) is 0. The zero-order chi connectivity index (χ0) is 14.3. The van der Waals surface area contributed by atoms with Crippen LogP contribution < -0.4 is 0 Å². The molecule has 102 valence electrons. The molecule has 1 atom stereocenters. The van der Waals surface area contributed by atoms with Gasteiger partial charge < -0.3 is 9.52 Å². The summed E-state index contributed by atoms with van der Waals surface area (Å²) in [5, 5.41) is 11.6. The molecule has 1 aromatic heterocycles. The van der Waals surface area contributed by atoms with Gasteiger partial charge in [0.05, 0.1) is 0 Å². The number of rotatable bonds is 2.